The monoisotopic (exact) mass is 357 g/mol. The van der Waals surface area contributed by atoms with Gasteiger partial charge in [-0.15, -0.1) is 0 Å². The average molecular weight is 358 g/mol. The minimum atomic E-state index is -0.690. The Hall–Kier alpha value is -1.33. The van der Waals surface area contributed by atoms with Crippen molar-refractivity contribution < 1.29 is 13.2 Å². The van der Waals surface area contributed by atoms with Crippen molar-refractivity contribution in [2.24, 2.45) is 0 Å². The Morgan fingerprint density at radius 3 is 2.38 bits per heavy atom. The lowest BCUT2D eigenvalue weighted by atomic mass is 10.0. The fourth-order valence-electron chi connectivity index (χ4n) is 1.97. The van der Waals surface area contributed by atoms with Crippen LogP contribution in [0.3, 0.4) is 0 Å². The zero-order valence-electron chi connectivity index (χ0n) is 11.7. The van der Waals surface area contributed by atoms with E-state index in [4.69, 9.17) is 0 Å². The highest BCUT2D eigenvalue weighted by Gasteiger charge is 2.16. The molecule has 1 nitrogen and oxygen atoms in total. The van der Waals surface area contributed by atoms with Crippen molar-refractivity contribution >= 4 is 15.9 Å². The van der Waals surface area contributed by atoms with Crippen LogP contribution in [-0.4, -0.2) is 6.04 Å². The summed E-state index contributed by atoms with van der Waals surface area (Å²) < 4.78 is 41.9. The van der Waals surface area contributed by atoms with Gasteiger partial charge in [0.25, 0.3) is 0 Å². The molecule has 0 radical (unpaired) electrons. The first-order valence-corrected chi connectivity index (χ1v) is 7.35. The molecule has 1 N–H and O–H groups in total. The predicted molar refractivity (Wildman–Crippen MR) is 81.4 cm³/mol. The van der Waals surface area contributed by atoms with Gasteiger partial charge in [-0.25, -0.2) is 13.2 Å². The number of rotatable bonds is 4. The summed E-state index contributed by atoms with van der Waals surface area (Å²) in [5, 5.41) is 3.09. The second kappa shape index (κ2) is 6.62. The molecule has 0 atom stereocenters. The molecule has 2 aromatic carbocycles. The Bertz CT molecular complexity index is 656. The van der Waals surface area contributed by atoms with E-state index in [0.29, 0.717) is 17.7 Å². The summed E-state index contributed by atoms with van der Waals surface area (Å²) in [5.74, 6) is -1.77. The van der Waals surface area contributed by atoms with E-state index in [9.17, 15) is 13.2 Å². The maximum Gasteiger partial charge on any atom is 0.148 e. The molecule has 0 spiro atoms. The lowest BCUT2D eigenvalue weighted by Crippen LogP contribution is -2.22. The first-order valence-electron chi connectivity index (χ1n) is 6.56. The zero-order valence-corrected chi connectivity index (χ0v) is 13.3. The summed E-state index contributed by atoms with van der Waals surface area (Å²) in [4.78, 5) is 0. The van der Waals surface area contributed by atoms with Gasteiger partial charge in [0.05, 0.1) is 10.0 Å². The second-order valence-electron chi connectivity index (χ2n) is 5.06. The predicted octanol–water partition coefficient (Wildman–Crippen LogP) is 5.03. The molecule has 0 bridgehead atoms. The van der Waals surface area contributed by atoms with Gasteiger partial charge in [-0.2, -0.15) is 0 Å². The topological polar surface area (TPSA) is 12.0 Å². The van der Waals surface area contributed by atoms with Gasteiger partial charge in [-0.05, 0) is 45.8 Å². The Morgan fingerprint density at radius 1 is 1.05 bits per heavy atom. The molecule has 0 saturated carbocycles. The Morgan fingerprint density at radius 2 is 1.71 bits per heavy atom. The third-order valence-corrected chi connectivity index (χ3v) is 3.69. The van der Waals surface area contributed by atoms with Crippen LogP contribution in [0.4, 0.5) is 13.2 Å². The molecule has 0 unspecified atom stereocenters. The van der Waals surface area contributed by atoms with E-state index in [0.717, 1.165) is 0 Å². The second-order valence-corrected chi connectivity index (χ2v) is 5.91. The van der Waals surface area contributed by atoms with E-state index in [-0.39, 0.29) is 16.1 Å². The molecule has 0 aliphatic heterocycles. The van der Waals surface area contributed by atoms with Gasteiger partial charge in [0.2, 0.25) is 0 Å². The number of benzene rings is 2. The fourth-order valence-corrected chi connectivity index (χ4v) is 2.30. The van der Waals surface area contributed by atoms with Crippen LogP contribution >= 0.6 is 15.9 Å². The molecule has 2 rings (SSSR count). The molecular formula is C16H15BrF3N. The van der Waals surface area contributed by atoms with E-state index in [2.05, 4.69) is 21.2 Å². The molecule has 0 fully saturated rings. The molecule has 0 saturated heterocycles. The molecule has 2 aromatic rings. The SMILES string of the molecule is CC(C)NCc1cc(-c2c(F)ccc(Br)c2F)ccc1F. The van der Waals surface area contributed by atoms with Crippen molar-refractivity contribution in [2.75, 3.05) is 0 Å². The zero-order chi connectivity index (χ0) is 15.6. The standard InChI is InChI=1S/C16H15BrF3N/c1-9(2)21-8-11-7-10(3-5-13(11)18)15-14(19)6-4-12(17)16(15)20/h3-7,9,21H,8H2,1-2H3. The molecule has 21 heavy (non-hydrogen) atoms. The van der Waals surface area contributed by atoms with Gasteiger partial charge < -0.3 is 5.32 Å². The van der Waals surface area contributed by atoms with Crippen molar-refractivity contribution in [3.8, 4) is 11.1 Å². The van der Waals surface area contributed by atoms with Crippen LogP contribution in [-0.2, 0) is 6.54 Å². The first-order chi connectivity index (χ1) is 9.90. The summed E-state index contributed by atoms with van der Waals surface area (Å²) in [6.07, 6.45) is 0. The van der Waals surface area contributed by atoms with Crippen LogP contribution < -0.4 is 5.32 Å². The van der Waals surface area contributed by atoms with E-state index >= 15 is 0 Å². The van der Waals surface area contributed by atoms with Crippen LogP contribution in [0.1, 0.15) is 19.4 Å². The van der Waals surface area contributed by atoms with Gasteiger partial charge in [-0.3, -0.25) is 0 Å². The van der Waals surface area contributed by atoms with E-state index in [1.165, 1.54) is 30.3 Å². The van der Waals surface area contributed by atoms with Crippen molar-refractivity contribution in [1.29, 1.82) is 0 Å². The summed E-state index contributed by atoms with van der Waals surface area (Å²) in [6, 6.07) is 6.75. The average Bonchev–Trinajstić information content (AvgIpc) is 2.43. The molecular weight excluding hydrogens is 343 g/mol. The molecule has 0 amide bonds. The number of hydrogen-bond donors (Lipinski definition) is 1. The molecule has 0 heterocycles. The molecule has 0 aromatic heterocycles. The van der Waals surface area contributed by atoms with Gasteiger partial charge in [0.1, 0.15) is 17.5 Å². The van der Waals surface area contributed by atoms with Crippen LogP contribution in [0.2, 0.25) is 0 Å². The van der Waals surface area contributed by atoms with Gasteiger partial charge >= 0.3 is 0 Å². The van der Waals surface area contributed by atoms with Crippen LogP contribution in [0.5, 0.6) is 0 Å². The lowest BCUT2D eigenvalue weighted by Gasteiger charge is -2.12. The largest absolute Gasteiger partial charge is 0.310 e. The number of hydrogen-bond acceptors (Lipinski definition) is 1. The quantitative estimate of drug-likeness (QED) is 0.756. The molecule has 0 aliphatic carbocycles. The maximum absolute atomic E-state index is 14.1. The van der Waals surface area contributed by atoms with Crippen molar-refractivity contribution in [3.63, 3.8) is 0 Å². The highest BCUT2D eigenvalue weighted by molar-refractivity contribution is 9.10. The van der Waals surface area contributed by atoms with Crippen LogP contribution in [0.25, 0.3) is 11.1 Å². The molecule has 112 valence electrons. The van der Waals surface area contributed by atoms with Crippen molar-refractivity contribution in [2.45, 2.75) is 26.4 Å². The van der Waals surface area contributed by atoms with E-state index in [1.807, 2.05) is 13.8 Å². The highest BCUT2D eigenvalue weighted by atomic mass is 79.9. The lowest BCUT2D eigenvalue weighted by molar-refractivity contribution is 0.553. The van der Waals surface area contributed by atoms with Crippen molar-refractivity contribution in [3.05, 3.63) is 57.8 Å². The van der Waals surface area contributed by atoms with E-state index < -0.39 is 17.5 Å². The third kappa shape index (κ3) is 3.66. The van der Waals surface area contributed by atoms with Gasteiger partial charge in [-0.1, -0.05) is 19.9 Å². The van der Waals surface area contributed by atoms with Gasteiger partial charge in [0.15, 0.2) is 0 Å². The highest BCUT2D eigenvalue weighted by Crippen LogP contribution is 2.31. The van der Waals surface area contributed by atoms with Crippen LogP contribution in [0, 0.1) is 17.5 Å². The third-order valence-electron chi connectivity index (χ3n) is 3.08. The Balaban J connectivity index is 2.46. The normalized spacial score (nSPS) is 11.2. The Labute approximate surface area is 130 Å². The summed E-state index contributed by atoms with van der Waals surface area (Å²) in [7, 11) is 0. The maximum atomic E-state index is 14.1. The Kier molecular flexibility index (Phi) is 5.06. The van der Waals surface area contributed by atoms with Crippen molar-refractivity contribution in [1.82, 2.24) is 5.32 Å². The molecule has 0 aliphatic rings. The smallest absolute Gasteiger partial charge is 0.148 e. The summed E-state index contributed by atoms with van der Waals surface area (Å²) in [6.45, 7) is 4.18. The fraction of sp³-hybridized carbons (Fsp3) is 0.250. The first kappa shape index (κ1) is 16.0. The van der Waals surface area contributed by atoms with Gasteiger partial charge in [0, 0.05) is 18.2 Å². The van der Waals surface area contributed by atoms with Crippen LogP contribution in [0.15, 0.2) is 34.8 Å². The summed E-state index contributed by atoms with van der Waals surface area (Å²) in [5.41, 5.74) is 0.531. The number of halogens is 4. The minimum absolute atomic E-state index is 0.157. The molecule has 5 heteroatoms. The van der Waals surface area contributed by atoms with E-state index in [1.54, 1.807) is 0 Å². The summed E-state index contributed by atoms with van der Waals surface area (Å²) >= 11 is 3.03. The number of nitrogens with one attached hydrogen (secondary N) is 1. The minimum Gasteiger partial charge on any atom is -0.310 e.